The second-order valence-electron chi connectivity index (χ2n) is 8.61. The number of methoxy groups -OCH3 is 3. The van der Waals surface area contributed by atoms with Crippen molar-refractivity contribution in [3.05, 3.63) is 64.7 Å². The van der Waals surface area contributed by atoms with Gasteiger partial charge in [-0.1, -0.05) is 30.3 Å². The zero-order valence-corrected chi connectivity index (χ0v) is 21.2. The van der Waals surface area contributed by atoms with Gasteiger partial charge in [-0.15, -0.1) is 0 Å². The van der Waals surface area contributed by atoms with Crippen molar-refractivity contribution >= 4 is 0 Å². The molecule has 0 amide bonds. The Bertz CT molecular complexity index is 1080. The van der Waals surface area contributed by atoms with Gasteiger partial charge in [0.2, 0.25) is 0 Å². The van der Waals surface area contributed by atoms with E-state index in [9.17, 15) is 0 Å². The largest absolute Gasteiger partial charge is 0.496 e. The highest BCUT2D eigenvalue weighted by molar-refractivity contribution is 5.88. The van der Waals surface area contributed by atoms with Crippen molar-refractivity contribution in [3.63, 3.8) is 0 Å². The molecule has 0 N–H and O–H groups in total. The van der Waals surface area contributed by atoms with E-state index in [1.807, 2.05) is 6.07 Å². The minimum Gasteiger partial charge on any atom is -0.496 e. The predicted octanol–water partition coefficient (Wildman–Crippen LogP) is 5.73. The predicted molar refractivity (Wildman–Crippen MR) is 137 cm³/mol. The summed E-state index contributed by atoms with van der Waals surface area (Å²) in [7, 11) is 5.09. The van der Waals surface area contributed by atoms with Gasteiger partial charge in [0.25, 0.3) is 0 Å². The SMILES string of the molecule is COc1c2cc(C)cc1-c1cccc(c1OC)-c1cc(C)cc(c1OC)COCCOCCOC2. The Morgan fingerprint density at radius 3 is 1.40 bits per heavy atom. The van der Waals surface area contributed by atoms with E-state index in [1.165, 1.54) is 0 Å². The number of rotatable bonds is 3. The molecule has 6 bridgehead atoms. The van der Waals surface area contributed by atoms with Crippen LogP contribution in [0.2, 0.25) is 0 Å². The number of aryl methyl sites for hydroxylation is 2. The summed E-state index contributed by atoms with van der Waals surface area (Å²) in [6.07, 6.45) is 0. The molecule has 186 valence electrons. The Hall–Kier alpha value is -3.06. The lowest BCUT2D eigenvalue weighted by Crippen LogP contribution is -2.10. The van der Waals surface area contributed by atoms with Crippen molar-refractivity contribution in [2.75, 3.05) is 47.8 Å². The van der Waals surface area contributed by atoms with Gasteiger partial charge in [0.15, 0.2) is 0 Å². The molecule has 1 aliphatic heterocycles. The fourth-order valence-corrected chi connectivity index (χ4v) is 4.68. The molecule has 0 atom stereocenters. The Labute approximate surface area is 207 Å². The van der Waals surface area contributed by atoms with Crippen LogP contribution in [0.3, 0.4) is 0 Å². The van der Waals surface area contributed by atoms with Crippen LogP contribution in [0.5, 0.6) is 17.2 Å². The molecule has 0 aliphatic carbocycles. The Morgan fingerprint density at radius 2 is 0.971 bits per heavy atom. The van der Waals surface area contributed by atoms with Gasteiger partial charge < -0.3 is 28.4 Å². The maximum atomic E-state index is 6.04. The van der Waals surface area contributed by atoms with Crippen LogP contribution in [-0.4, -0.2) is 47.8 Å². The van der Waals surface area contributed by atoms with Gasteiger partial charge in [0.1, 0.15) is 17.2 Å². The van der Waals surface area contributed by atoms with Crippen molar-refractivity contribution < 1.29 is 28.4 Å². The van der Waals surface area contributed by atoms with E-state index in [4.69, 9.17) is 28.4 Å². The highest BCUT2D eigenvalue weighted by atomic mass is 16.5. The van der Waals surface area contributed by atoms with E-state index < -0.39 is 0 Å². The molecule has 3 aromatic rings. The summed E-state index contributed by atoms with van der Waals surface area (Å²) in [5, 5.41) is 0. The molecule has 4 rings (SSSR count). The molecule has 6 heteroatoms. The first kappa shape index (κ1) is 25.0. The maximum absolute atomic E-state index is 6.04. The number of benzene rings is 3. The zero-order valence-electron chi connectivity index (χ0n) is 21.2. The summed E-state index contributed by atoms with van der Waals surface area (Å²) >= 11 is 0. The topological polar surface area (TPSA) is 55.4 Å². The van der Waals surface area contributed by atoms with Gasteiger partial charge in [-0.3, -0.25) is 0 Å². The number of hydrogen-bond acceptors (Lipinski definition) is 6. The Kier molecular flexibility index (Phi) is 8.29. The first-order valence-corrected chi connectivity index (χ1v) is 11.8. The van der Waals surface area contributed by atoms with Crippen LogP contribution >= 0.6 is 0 Å². The number of fused-ring (bicyclic) bond motifs is 8. The average Bonchev–Trinajstić information content (AvgIpc) is 2.86. The molecule has 0 saturated carbocycles. The van der Waals surface area contributed by atoms with Crippen molar-refractivity contribution in [3.8, 4) is 39.5 Å². The van der Waals surface area contributed by atoms with Crippen molar-refractivity contribution in [1.82, 2.24) is 0 Å². The van der Waals surface area contributed by atoms with Crippen molar-refractivity contribution in [1.29, 1.82) is 0 Å². The van der Waals surface area contributed by atoms with E-state index in [-0.39, 0.29) is 0 Å². The summed E-state index contributed by atoms with van der Waals surface area (Å²) in [6, 6.07) is 14.6. The zero-order chi connectivity index (χ0) is 24.8. The summed E-state index contributed by atoms with van der Waals surface area (Å²) in [6.45, 7) is 6.97. The summed E-state index contributed by atoms with van der Waals surface area (Å²) in [4.78, 5) is 0. The molecule has 0 radical (unpaired) electrons. The molecule has 0 unspecified atom stereocenters. The third-order valence-electron chi connectivity index (χ3n) is 6.09. The first-order valence-electron chi connectivity index (χ1n) is 11.8. The molecule has 0 aromatic heterocycles. The number of para-hydroxylation sites is 1. The van der Waals surface area contributed by atoms with Crippen LogP contribution in [0, 0.1) is 13.8 Å². The third kappa shape index (κ3) is 5.45. The molecular formula is C29H34O6. The van der Waals surface area contributed by atoms with E-state index in [0.29, 0.717) is 39.6 Å². The quantitative estimate of drug-likeness (QED) is 0.479. The summed E-state index contributed by atoms with van der Waals surface area (Å²) in [5.41, 5.74) is 7.99. The lowest BCUT2D eigenvalue weighted by Gasteiger charge is -2.21. The van der Waals surface area contributed by atoms with Crippen LogP contribution in [0.4, 0.5) is 0 Å². The molecule has 0 saturated heterocycles. The van der Waals surface area contributed by atoms with Gasteiger partial charge in [-0.05, 0) is 37.1 Å². The summed E-state index contributed by atoms with van der Waals surface area (Å²) < 4.78 is 35.4. The first-order chi connectivity index (χ1) is 17.1. The molecule has 3 aromatic carbocycles. The van der Waals surface area contributed by atoms with Crippen LogP contribution in [0.15, 0.2) is 42.5 Å². The van der Waals surface area contributed by atoms with Crippen molar-refractivity contribution in [2.45, 2.75) is 27.1 Å². The highest BCUT2D eigenvalue weighted by Crippen LogP contribution is 2.46. The van der Waals surface area contributed by atoms with E-state index in [1.54, 1.807) is 21.3 Å². The fourth-order valence-electron chi connectivity index (χ4n) is 4.68. The Morgan fingerprint density at radius 1 is 0.543 bits per heavy atom. The lowest BCUT2D eigenvalue weighted by atomic mass is 9.92. The van der Waals surface area contributed by atoms with Gasteiger partial charge in [0, 0.05) is 33.4 Å². The molecule has 1 aliphatic rings. The van der Waals surface area contributed by atoms with Crippen molar-refractivity contribution in [2.24, 2.45) is 0 Å². The minimum absolute atomic E-state index is 0.425. The van der Waals surface area contributed by atoms with Gasteiger partial charge in [0.05, 0.1) is 61.0 Å². The van der Waals surface area contributed by atoms with Gasteiger partial charge >= 0.3 is 0 Å². The molecule has 0 fully saturated rings. The van der Waals surface area contributed by atoms with Crippen LogP contribution in [-0.2, 0) is 27.4 Å². The minimum atomic E-state index is 0.425. The normalized spacial score (nSPS) is 14.5. The second kappa shape index (κ2) is 11.6. The lowest BCUT2D eigenvalue weighted by molar-refractivity contribution is 0.00653. The van der Waals surface area contributed by atoms with Gasteiger partial charge in [-0.25, -0.2) is 0 Å². The van der Waals surface area contributed by atoms with Crippen LogP contribution < -0.4 is 14.2 Å². The summed E-state index contributed by atoms with van der Waals surface area (Å²) in [5.74, 6) is 2.31. The Balaban J connectivity index is 1.96. The monoisotopic (exact) mass is 478 g/mol. The van der Waals surface area contributed by atoms with E-state index >= 15 is 0 Å². The van der Waals surface area contributed by atoms with Crippen LogP contribution in [0.25, 0.3) is 22.3 Å². The molecule has 6 nitrogen and oxygen atoms in total. The number of ether oxygens (including phenoxy) is 6. The molecule has 0 spiro atoms. The second-order valence-corrected chi connectivity index (χ2v) is 8.61. The molecule has 35 heavy (non-hydrogen) atoms. The third-order valence-corrected chi connectivity index (χ3v) is 6.09. The number of hydrogen-bond donors (Lipinski definition) is 0. The highest BCUT2D eigenvalue weighted by Gasteiger charge is 2.22. The van der Waals surface area contributed by atoms with E-state index in [2.05, 4.69) is 50.2 Å². The van der Waals surface area contributed by atoms with Gasteiger partial charge in [-0.2, -0.15) is 0 Å². The molecular weight excluding hydrogens is 444 g/mol. The van der Waals surface area contributed by atoms with Crippen LogP contribution in [0.1, 0.15) is 22.3 Å². The molecule has 1 heterocycles. The van der Waals surface area contributed by atoms with E-state index in [0.717, 1.165) is 61.8 Å². The fraction of sp³-hybridized carbons (Fsp3) is 0.379. The average molecular weight is 479 g/mol. The smallest absolute Gasteiger partial charge is 0.134 e. The maximum Gasteiger partial charge on any atom is 0.134 e. The standard InChI is InChI=1S/C29H34O6/c1-19-13-21-17-34-11-9-33-10-12-35-18-22-14-20(2)16-26(28(22)31-4)24-8-6-7-23(29(24)32-5)25(15-19)27(21)30-3/h6-8,13-16H,9-12,17-18H2,1-5H3.